The second kappa shape index (κ2) is 26.6. The van der Waals surface area contributed by atoms with E-state index in [1.807, 2.05) is 85.4 Å². The molecule has 18 nitrogen and oxygen atoms in total. The highest BCUT2D eigenvalue weighted by molar-refractivity contribution is 9.10. The third kappa shape index (κ3) is 17.3. The maximum absolute atomic E-state index is 13.2. The molecule has 0 aliphatic rings. The number of aromatic nitrogens is 10. The molecule has 2 aromatic carbocycles. The predicted molar refractivity (Wildman–Crippen MR) is 357 cm³/mol. The molecule has 0 saturated heterocycles. The predicted octanol–water partition coefficient (Wildman–Crippen LogP) is 14.7. The molecular weight excluding hydrogens is 1190 g/mol. The number of carbonyl (C=O) groups excluding carboxylic acids is 2. The van der Waals surface area contributed by atoms with Crippen LogP contribution in [0.1, 0.15) is 95.6 Å². The number of ether oxygens (including phenoxy) is 2. The summed E-state index contributed by atoms with van der Waals surface area (Å²) in [5.41, 5.74) is 7.83. The SMILES string of the molecule is CC(C)NC(=O)c1cn(COCC[Si](C)(C)C)c2ncc(-c3nn(C)c4ccc(O[Si](C)(C)C(C)(C)C)cc34)nc12.CC(C)NC(=O)c1cn(COCC[Si](C)(C)C)c2ncc(Br)nc12.Cc1nn(C)c2ccc(O[Si](C)(C)C(C)(C)C)cc12. The molecule has 2 amide bonds. The van der Waals surface area contributed by atoms with Gasteiger partial charge >= 0.3 is 0 Å². The summed E-state index contributed by atoms with van der Waals surface area (Å²) in [7, 11) is -2.24. The van der Waals surface area contributed by atoms with Gasteiger partial charge in [-0.3, -0.25) is 19.0 Å². The molecule has 6 aromatic heterocycles. The van der Waals surface area contributed by atoms with Crippen molar-refractivity contribution in [2.45, 2.75) is 189 Å². The monoisotopic (exact) mass is 1280 g/mol. The van der Waals surface area contributed by atoms with Crippen LogP contribution in [0.5, 0.6) is 11.5 Å². The highest BCUT2D eigenvalue weighted by atomic mass is 79.9. The van der Waals surface area contributed by atoms with Gasteiger partial charge in [-0.1, -0.05) is 80.8 Å². The van der Waals surface area contributed by atoms with Gasteiger partial charge in [0.15, 0.2) is 11.3 Å². The molecule has 0 bridgehead atoms. The fourth-order valence-electron chi connectivity index (χ4n) is 8.36. The first-order valence-electron chi connectivity index (χ1n) is 29.2. The van der Waals surface area contributed by atoms with Gasteiger partial charge in [0.25, 0.3) is 11.8 Å². The first-order valence-corrected chi connectivity index (χ1v) is 43.2. The zero-order chi connectivity index (χ0) is 62.7. The Morgan fingerprint density at radius 3 is 1.46 bits per heavy atom. The Kier molecular flexibility index (Phi) is 21.4. The number of hydrogen-bond donors (Lipinski definition) is 2. The third-order valence-corrected chi connectivity index (χ3v) is 27.8. The molecular formula is C61H95BrN12O6Si4. The largest absolute Gasteiger partial charge is 0.543 e. The first-order chi connectivity index (χ1) is 38.8. The number of carbonyl (C=O) groups is 2. The molecule has 0 saturated carbocycles. The Bertz CT molecular complexity index is 3600. The van der Waals surface area contributed by atoms with E-state index in [2.05, 4.69) is 167 Å². The molecule has 2 N–H and O–H groups in total. The molecule has 0 radical (unpaired) electrons. The van der Waals surface area contributed by atoms with Gasteiger partial charge in [0, 0.05) is 78.7 Å². The van der Waals surface area contributed by atoms with Crippen molar-refractivity contribution in [2.24, 2.45) is 14.1 Å². The molecule has 0 aliphatic carbocycles. The van der Waals surface area contributed by atoms with Crippen molar-refractivity contribution in [1.29, 1.82) is 0 Å². The van der Waals surface area contributed by atoms with Crippen molar-refractivity contribution in [3.05, 3.63) is 82.6 Å². The van der Waals surface area contributed by atoms with Crippen molar-refractivity contribution in [1.82, 2.24) is 59.3 Å². The van der Waals surface area contributed by atoms with E-state index in [1.54, 1.807) is 24.8 Å². The summed E-state index contributed by atoms with van der Waals surface area (Å²) in [5, 5.41) is 17.6. The fourth-order valence-corrected chi connectivity index (χ4v) is 12.2. The molecule has 6 heterocycles. The van der Waals surface area contributed by atoms with Crippen molar-refractivity contribution in [3.8, 4) is 22.9 Å². The summed E-state index contributed by atoms with van der Waals surface area (Å²) in [6, 6.07) is 14.6. The first kappa shape index (κ1) is 67.6. The maximum atomic E-state index is 13.2. The molecule has 0 spiro atoms. The summed E-state index contributed by atoms with van der Waals surface area (Å²) in [5.74, 6) is 1.46. The minimum absolute atomic E-state index is 0.0101. The average Bonchev–Trinajstić information content (AvgIpc) is 3.44. The molecule has 23 heteroatoms. The van der Waals surface area contributed by atoms with Crippen molar-refractivity contribution in [3.63, 3.8) is 0 Å². The zero-order valence-electron chi connectivity index (χ0n) is 54.5. The lowest BCUT2D eigenvalue weighted by Crippen LogP contribution is -2.43. The van der Waals surface area contributed by atoms with E-state index in [-0.39, 0.29) is 34.0 Å². The van der Waals surface area contributed by atoms with E-state index in [4.69, 9.17) is 33.4 Å². The van der Waals surface area contributed by atoms with Crippen LogP contribution in [-0.2, 0) is 37.0 Å². The molecule has 0 atom stereocenters. The molecule has 0 unspecified atom stereocenters. The molecule has 84 heavy (non-hydrogen) atoms. The number of aryl methyl sites for hydroxylation is 3. The van der Waals surface area contributed by atoms with Gasteiger partial charge in [0.1, 0.15) is 52.0 Å². The molecule has 458 valence electrons. The smallest absolute Gasteiger partial charge is 0.255 e. The van der Waals surface area contributed by atoms with Crippen LogP contribution in [-0.4, -0.2) is 119 Å². The van der Waals surface area contributed by atoms with Gasteiger partial charge in [0.05, 0.1) is 40.2 Å². The summed E-state index contributed by atoms with van der Waals surface area (Å²) in [6.07, 6.45) is 6.92. The van der Waals surface area contributed by atoms with E-state index in [0.29, 0.717) is 76.1 Å². The second-order valence-electron chi connectivity index (χ2n) is 28.0. The third-order valence-electron chi connectivity index (χ3n) is 15.3. The van der Waals surface area contributed by atoms with E-state index >= 15 is 0 Å². The standard InChI is InChI=1S/C30H46N6O3Si2.C16H25BrN4O2Si.C15H24N2OSi/c1-20(2)32-29(37)23-18-36(19-38-14-15-40(7,8)9)28-27(23)33-24(17-31-28)26-22-16-21(12-13-25(22)35(6)34-26)39-41(10,11)30(3,4)5;1-11(2)19-16(22)12-9-21(10-23-6-7-24(3,4)5)15-14(12)20-13(17)8-18-15;1-11-13-10-12(8-9-14(13)17(5)16-11)18-19(6,7)15(2,3)4/h12-13,16-18,20H,14-15,19H2,1-11H3,(H,32,37);8-9,11H,6-7,10H2,1-5H3,(H,19,22);8-10H,1-7H3. The number of hydrogen-bond acceptors (Lipinski definition) is 12. The lowest BCUT2D eigenvalue weighted by molar-refractivity contribution is 0.0886. The fraction of sp³-hybridized carbons (Fsp3) is 0.541. The number of nitrogens with one attached hydrogen (secondary N) is 2. The summed E-state index contributed by atoms with van der Waals surface area (Å²) in [6.45, 7) is 48.3. The highest BCUT2D eigenvalue weighted by Crippen LogP contribution is 2.40. The van der Waals surface area contributed by atoms with Crippen LogP contribution in [0.15, 0.2) is 65.8 Å². The number of amides is 2. The van der Waals surface area contributed by atoms with Gasteiger partial charge in [-0.25, -0.2) is 19.9 Å². The quantitative estimate of drug-likeness (QED) is 0.0576. The Hall–Kier alpha value is -5.57. The lowest BCUT2D eigenvalue weighted by atomic mass is 10.1. The van der Waals surface area contributed by atoms with Crippen LogP contribution in [0, 0.1) is 6.92 Å². The Morgan fingerprint density at radius 1 is 0.607 bits per heavy atom. The number of benzene rings is 2. The van der Waals surface area contributed by atoms with Crippen LogP contribution in [0.4, 0.5) is 0 Å². The minimum Gasteiger partial charge on any atom is -0.543 e. The number of halogens is 1. The van der Waals surface area contributed by atoms with Crippen LogP contribution in [0.3, 0.4) is 0 Å². The number of nitrogens with zero attached hydrogens (tertiary/aromatic N) is 10. The van der Waals surface area contributed by atoms with E-state index in [9.17, 15) is 9.59 Å². The lowest BCUT2D eigenvalue weighted by Gasteiger charge is -2.36. The van der Waals surface area contributed by atoms with Crippen LogP contribution < -0.4 is 19.5 Å². The van der Waals surface area contributed by atoms with Crippen molar-refractivity contribution in [2.75, 3.05) is 13.2 Å². The Morgan fingerprint density at radius 2 is 1.02 bits per heavy atom. The number of rotatable bonds is 19. The molecule has 8 aromatic rings. The van der Waals surface area contributed by atoms with Crippen molar-refractivity contribution >= 4 is 105 Å². The molecule has 8 rings (SSSR count). The van der Waals surface area contributed by atoms with Gasteiger partial charge in [0.2, 0.25) is 16.6 Å². The van der Waals surface area contributed by atoms with Gasteiger partial charge in [-0.15, -0.1) is 0 Å². The van der Waals surface area contributed by atoms with Gasteiger partial charge < -0.3 is 38.1 Å². The van der Waals surface area contributed by atoms with Crippen molar-refractivity contribution < 1.29 is 27.9 Å². The van der Waals surface area contributed by atoms with Crippen LogP contribution >= 0.6 is 15.9 Å². The summed E-state index contributed by atoms with van der Waals surface area (Å²) >= 11 is 3.32. The van der Waals surface area contributed by atoms with Gasteiger partial charge in [-0.2, -0.15) is 10.2 Å². The summed E-state index contributed by atoms with van der Waals surface area (Å²) in [4.78, 5) is 44.2. The van der Waals surface area contributed by atoms with E-state index in [0.717, 1.165) is 45.7 Å². The Labute approximate surface area is 511 Å². The van der Waals surface area contributed by atoms with E-state index in [1.165, 1.54) is 5.39 Å². The maximum Gasteiger partial charge on any atom is 0.255 e. The van der Waals surface area contributed by atoms with Crippen LogP contribution in [0.2, 0.25) is 87.6 Å². The highest BCUT2D eigenvalue weighted by Gasteiger charge is 2.40. The zero-order valence-corrected chi connectivity index (χ0v) is 60.1. The normalized spacial score (nSPS) is 12.7. The average molecular weight is 1280 g/mol. The summed E-state index contributed by atoms with van der Waals surface area (Å²) < 4.78 is 32.8. The van der Waals surface area contributed by atoms with E-state index < -0.39 is 32.8 Å². The topological polar surface area (TPSA) is 192 Å². The molecule has 0 fully saturated rings. The van der Waals surface area contributed by atoms with Gasteiger partial charge in [-0.05, 0) is 135 Å². The Balaban J connectivity index is 0.000000222. The molecule has 0 aliphatic heterocycles. The minimum atomic E-state index is -2.03. The van der Waals surface area contributed by atoms with Crippen LogP contribution in [0.25, 0.3) is 55.5 Å². The number of fused-ring (bicyclic) bond motifs is 4. The second-order valence-corrected chi connectivity index (χ2v) is 49.5.